The van der Waals surface area contributed by atoms with E-state index in [1.807, 2.05) is 35.2 Å². The zero-order valence-electron chi connectivity index (χ0n) is 20.1. The number of pyridine rings is 1. The minimum absolute atomic E-state index is 0.0527. The number of halogens is 2. The maximum absolute atomic E-state index is 13.0. The third kappa shape index (κ3) is 5.36. The van der Waals surface area contributed by atoms with E-state index in [0.29, 0.717) is 52.8 Å². The van der Waals surface area contributed by atoms with Gasteiger partial charge in [-0.3, -0.25) is 19.5 Å². The van der Waals surface area contributed by atoms with Gasteiger partial charge in [-0.25, -0.2) is 0 Å². The van der Waals surface area contributed by atoms with Gasteiger partial charge in [0.2, 0.25) is 0 Å². The minimum Gasteiger partial charge on any atom is -0.352 e. The molecule has 8 heteroatoms. The highest BCUT2D eigenvalue weighted by Gasteiger charge is 2.31. The SMILES string of the molecule is O=C(NCC1CCCN(C2CCN(C(=O)c3cccc(Cl)c3Cl)CC2)C1)c1cccc2cccnc12. The van der Waals surface area contributed by atoms with Gasteiger partial charge in [0.05, 0.1) is 26.7 Å². The van der Waals surface area contributed by atoms with Crippen molar-refractivity contribution in [2.24, 2.45) is 5.92 Å². The van der Waals surface area contributed by atoms with Gasteiger partial charge in [-0.1, -0.05) is 47.5 Å². The Morgan fingerprint density at radius 3 is 2.53 bits per heavy atom. The number of rotatable bonds is 5. The smallest absolute Gasteiger partial charge is 0.255 e. The second kappa shape index (κ2) is 11.2. The molecule has 5 rings (SSSR count). The number of amides is 2. The Bertz CT molecular complexity index is 1250. The van der Waals surface area contributed by atoms with Crippen molar-refractivity contribution in [2.75, 3.05) is 32.7 Å². The molecule has 0 radical (unpaired) electrons. The molecule has 6 nitrogen and oxygen atoms in total. The number of benzene rings is 2. The molecule has 1 unspecified atom stereocenters. The summed E-state index contributed by atoms with van der Waals surface area (Å²) in [6.45, 7) is 4.10. The molecule has 0 bridgehead atoms. The standard InChI is InChI=1S/C28H30Cl2N4O2/c29-24-10-2-8-22(25(24)30)28(36)33-15-11-21(12-16-33)34-14-4-5-19(18-34)17-32-27(35)23-9-1-6-20-7-3-13-31-26(20)23/h1-3,6-10,13,19,21H,4-5,11-12,14-18H2,(H,32,35). The molecule has 36 heavy (non-hydrogen) atoms. The number of nitrogens with zero attached hydrogens (tertiary/aromatic N) is 3. The maximum Gasteiger partial charge on any atom is 0.255 e. The number of hydrogen-bond acceptors (Lipinski definition) is 4. The number of aromatic nitrogens is 1. The molecule has 188 valence electrons. The van der Waals surface area contributed by atoms with Crippen LogP contribution in [0.15, 0.2) is 54.7 Å². The molecule has 0 aliphatic carbocycles. The Hall–Kier alpha value is -2.67. The van der Waals surface area contributed by atoms with E-state index in [-0.39, 0.29) is 11.8 Å². The first-order chi connectivity index (χ1) is 17.5. The van der Waals surface area contributed by atoms with Crippen LogP contribution in [-0.2, 0) is 0 Å². The molecule has 2 amide bonds. The van der Waals surface area contributed by atoms with Crippen molar-refractivity contribution in [1.82, 2.24) is 20.1 Å². The van der Waals surface area contributed by atoms with Crippen LogP contribution in [0.3, 0.4) is 0 Å². The molecule has 3 heterocycles. The number of nitrogens with one attached hydrogen (secondary N) is 1. The number of para-hydroxylation sites is 1. The van der Waals surface area contributed by atoms with Gasteiger partial charge in [0.1, 0.15) is 0 Å². The zero-order chi connectivity index (χ0) is 25.1. The summed E-state index contributed by atoms with van der Waals surface area (Å²) in [5.41, 5.74) is 1.83. The van der Waals surface area contributed by atoms with Crippen LogP contribution in [0.4, 0.5) is 0 Å². The Balaban J connectivity index is 1.14. The summed E-state index contributed by atoms with van der Waals surface area (Å²) in [5.74, 6) is 0.293. The second-order valence-corrected chi connectivity index (χ2v) is 10.5. The van der Waals surface area contributed by atoms with Crippen LogP contribution < -0.4 is 5.32 Å². The predicted molar refractivity (Wildman–Crippen MR) is 144 cm³/mol. The summed E-state index contributed by atoms with van der Waals surface area (Å²) in [6, 6.07) is 15.2. The molecule has 3 aromatic rings. The summed E-state index contributed by atoms with van der Waals surface area (Å²) in [4.78, 5) is 34.7. The van der Waals surface area contributed by atoms with Crippen molar-refractivity contribution in [3.8, 4) is 0 Å². The van der Waals surface area contributed by atoms with Gasteiger partial charge < -0.3 is 10.2 Å². The summed E-state index contributed by atoms with van der Waals surface area (Å²) in [5, 5.41) is 4.85. The van der Waals surface area contributed by atoms with Gasteiger partial charge >= 0.3 is 0 Å². The number of fused-ring (bicyclic) bond motifs is 1. The minimum atomic E-state index is -0.0667. The third-order valence-electron chi connectivity index (χ3n) is 7.43. The molecular weight excluding hydrogens is 495 g/mol. The number of carbonyl (C=O) groups is 2. The molecule has 2 fully saturated rings. The van der Waals surface area contributed by atoms with Crippen LogP contribution in [0.5, 0.6) is 0 Å². The van der Waals surface area contributed by atoms with Crippen LogP contribution in [0, 0.1) is 5.92 Å². The number of likely N-dealkylation sites (tertiary alicyclic amines) is 2. The average molecular weight is 525 g/mol. The van der Waals surface area contributed by atoms with Crippen LogP contribution in [0.2, 0.25) is 10.0 Å². The van der Waals surface area contributed by atoms with E-state index in [1.54, 1.807) is 24.4 Å². The normalized spacial score (nSPS) is 19.4. The lowest BCUT2D eigenvalue weighted by atomic mass is 9.93. The number of piperidine rings is 2. The van der Waals surface area contributed by atoms with E-state index in [4.69, 9.17) is 23.2 Å². The fourth-order valence-corrected chi connectivity index (χ4v) is 5.87. The van der Waals surface area contributed by atoms with Crippen LogP contribution in [0.1, 0.15) is 46.4 Å². The van der Waals surface area contributed by atoms with Gasteiger partial charge in [0, 0.05) is 43.8 Å². The fourth-order valence-electron chi connectivity index (χ4n) is 5.49. The molecule has 2 aliphatic heterocycles. The van der Waals surface area contributed by atoms with E-state index in [1.165, 1.54) is 0 Å². The molecule has 0 saturated carbocycles. The van der Waals surface area contributed by atoms with Crippen LogP contribution in [0.25, 0.3) is 10.9 Å². The third-order valence-corrected chi connectivity index (χ3v) is 8.25. The van der Waals surface area contributed by atoms with Gasteiger partial charge in [-0.05, 0) is 62.4 Å². The fraction of sp³-hybridized carbons (Fsp3) is 0.393. The number of carbonyl (C=O) groups excluding carboxylic acids is 2. The molecule has 1 N–H and O–H groups in total. The van der Waals surface area contributed by atoms with Crippen molar-refractivity contribution in [1.29, 1.82) is 0 Å². The van der Waals surface area contributed by atoms with Crippen LogP contribution >= 0.6 is 23.2 Å². The largest absolute Gasteiger partial charge is 0.352 e. The summed E-state index contributed by atoms with van der Waals surface area (Å²) >= 11 is 12.4. The molecule has 2 aliphatic rings. The Labute approximate surface area is 221 Å². The highest BCUT2D eigenvalue weighted by molar-refractivity contribution is 6.43. The van der Waals surface area contributed by atoms with E-state index in [2.05, 4.69) is 15.2 Å². The Kier molecular flexibility index (Phi) is 7.75. The highest BCUT2D eigenvalue weighted by Crippen LogP contribution is 2.29. The molecular formula is C28H30Cl2N4O2. The van der Waals surface area contributed by atoms with Crippen LogP contribution in [-0.4, -0.2) is 65.4 Å². The van der Waals surface area contributed by atoms with Crippen molar-refractivity contribution in [2.45, 2.75) is 31.7 Å². The summed E-state index contributed by atoms with van der Waals surface area (Å²) < 4.78 is 0. The van der Waals surface area contributed by atoms with Crippen molar-refractivity contribution < 1.29 is 9.59 Å². The van der Waals surface area contributed by atoms with E-state index in [0.717, 1.165) is 49.7 Å². The molecule has 1 aromatic heterocycles. The monoisotopic (exact) mass is 524 g/mol. The predicted octanol–water partition coefficient (Wildman–Crippen LogP) is 5.29. The lowest BCUT2D eigenvalue weighted by Gasteiger charge is -2.42. The molecule has 0 spiro atoms. The van der Waals surface area contributed by atoms with Crippen molar-refractivity contribution in [3.05, 3.63) is 75.9 Å². The van der Waals surface area contributed by atoms with Crippen molar-refractivity contribution in [3.63, 3.8) is 0 Å². The average Bonchev–Trinajstić information content (AvgIpc) is 2.93. The Morgan fingerprint density at radius 1 is 0.944 bits per heavy atom. The highest BCUT2D eigenvalue weighted by atomic mass is 35.5. The number of hydrogen-bond donors (Lipinski definition) is 1. The first kappa shape index (κ1) is 25.0. The first-order valence-electron chi connectivity index (χ1n) is 12.6. The second-order valence-electron chi connectivity index (χ2n) is 9.72. The van der Waals surface area contributed by atoms with E-state index < -0.39 is 0 Å². The maximum atomic E-state index is 13.0. The molecule has 2 aromatic carbocycles. The molecule has 1 atom stereocenters. The van der Waals surface area contributed by atoms with E-state index in [9.17, 15) is 9.59 Å². The Morgan fingerprint density at radius 2 is 1.69 bits per heavy atom. The lowest BCUT2D eigenvalue weighted by molar-refractivity contribution is 0.0527. The summed E-state index contributed by atoms with van der Waals surface area (Å²) in [7, 11) is 0. The van der Waals surface area contributed by atoms with Gasteiger partial charge in [0.25, 0.3) is 11.8 Å². The zero-order valence-corrected chi connectivity index (χ0v) is 21.6. The van der Waals surface area contributed by atoms with Gasteiger partial charge in [-0.2, -0.15) is 0 Å². The summed E-state index contributed by atoms with van der Waals surface area (Å²) in [6.07, 6.45) is 5.82. The topological polar surface area (TPSA) is 65.5 Å². The van der Waals surface area contributed by atoms with E-state index >= 15 is 0 Å². The van der Waals surface area contributed by atoms with Gasteiger partial charge in [0.15, 0.2) is 0 Å². The van der Waals surface area contributed by atoms with Gasteiger partial charge in [-0.15, -0.1) is 0 Å². The first-order valence-corrected chi connectivity index (χ1v) is 13.4. The van der Waals surface area contributed by atoms with Crippen molar-refractivity contribution >= 4 is 45.9 Å². The lowest BCUT2D eigenvalue weighted by Crippen LogP contribution is -2.50. The quantitative estimate of drug-likeness (QED) is 0.492. The molecule has 2 saturated heterocycles.